The molecule has 0 radical (unpaired) electrons. The smallest absolute Gasteiger partial charge is 0.121 e. The predicted octanol–water partition coefficient (Wildman–Crippen LogP) is 6.79. The first kappa shape index (κ1) is 31.0. The number of hydrogen-bond donors (Lipinski definition) is 2. The van der Waals surface area contributed by atoms with Gasteiger partial charge in [-0.1, -0.05) is 69.4 Å². The molecular weight excluding hydrogens is 540 g/mol. The van der Waals surface area contributed by atoms with Gasteiger partial charge in [0.05, 0.1) is 16.6 Å². The van der Waals surface area contributed by atoms with Gasteiger partial charge in [0.25, 0.3) is 0 Å². The third-order valence-corrected chi connectivity index (χ3v) is 10.7. The zero-order valence-corrected chi connectivity index (χ0v) is 27.2. The Morgan fingerprint density at radius 1 is 1.24 bits per heavy atom. The summed E-state index contributed by atoms with van der Waals surface area (Å²) < 4.78 is 6.47. The lowest BCUT2D eigenvalue weighted by molar-refractivity contribution is -0.203. The van der Waals surface area contributed by atoms with Crippen LogP contribution in [0.2, 0.25) is 5.02 Å². The number of nitrogens with zero attached hydrogens (tertiary/aromatic N) is 2. The molecule has 0 spiro atoms. The van der Waals surface area contributed by atoms with Crippen LogP contribution in [-0.2, 0) is 0 Å². The van der Waals surface area contributed by atoms with E-state index in [4.69, 9.17) is 16.3 Å². The minimum atomic E-state index is -0.0896. The van der Waals surface area contributed by atoms with Crippen LogP contribution in [0.4, 0.5) is 0 Å². The van der Waals surface area contributed by atoms with Crippen molar-refractivity contribution < 1.29 is 4.74 Å². The van der Waals surface area contributed by atoms with E-state index >= 15 is 0 Å². The van der Waals surface area contributed by atoms with Gasteiger partial charge in [0.2, 0.25) is 0 Å². The van der Waals surface area contributed by atoms with E-state index < -0.39 is 0 Å². The van der Waals surface area contributed by atoms with Crippen LogP contribution < -0.4 is 15.4 Å². The molecule has 3 atom stereocenters. The van der Waals surface area contributed by atoms with Gasteiger partial charge >= 0.3 is 0 Å². The Labute approximate surface area is 259 Å². The Bertz CT molecular complexity index is 1290. The third-order valence-electron chi connectivity index (χ3n) is 10.4. The van der Waals surface area contributed by atoms with Gasteiger partial charge in [-0.2, -0.15) is 5.26 Å². The fourth-order valence-corrected chi connectivity index (χ4v) is 9.15. The molecular formula is C36H49ClN4O. The van der Waals surface area contributed by atoms with Crippen molar-refractivity contribution in [2.45, 2.75) is 84.9 Å². The molecule has 1 aromatic carbocycles. The summed E-state index contributed by atoms with van der Waals surface area (Å²) in [7, 11) is 2.17. The molecule has 1 saturated heterocycles. The standard InChI is InChI=1S/C36H49ClN4O/c1-23(8-9-25-14-27(15-25)16-26-10-11-29-20-39-21-30(29)17-26)40-24(2)22-41(7)33-35(3,4)34(36(33,5)6)42-31-13-12-28(19-38)32(37)18-31/h12-13,16,18,23,25,27,29-30,33-34,39-40H,2,10-11,14-15,17,20-22H2,1,3-7H3/b26-16-. The highest BCUT2D eigenvalue weighted by atomic mass is 35.5. The van der Waals surface area contributed by atoms with Crippen LogP contribution in [0.1, 0.15) is 72.3 Å². The van der Waals surface area contributed by atoms with Crippen LogP contribution in [0.3, 0.4) is 0 Å². The number of halogens is 1. The highest BCUT2D eigenvalue weighted by Crippen LogP contribution is 2.57. The number of nitrogens with one attached hydrogen (secondary N) is 2. The minimum Gasteiger partial charge on any atom is -0.489 e. The molecule has 6 heteroatoms. The number of likely N-dealkylation sites (N-methyl/N-ethyl adjacent to an activating group) is 1. The first-order valence-corrected chi connectivity index (χ1v) is 16.2. The van der Waals surface area contributed by atoms with Gasteiger partial charge in [-0.25, -0.2) is 0 Å². The van der Waals surface area contributed by atoms with E-state index in [-0.39, 0.29) is 23.0 Å². The van der Waals surface area contributed by atoms with E-state index in [0.29, 0.717) is 28.3 Å². The molecule has 4 fully saturated rings. The third kappa shape index (κ3) is 6.40. The molecule has 1 aromatic rings. The predicted molar refractivity (Wildman–Crippen MR) is 172 cm³/mol. The summed E-state index contributed by atoms with van der Waals surface area (Å²) >= 11 is 6.26. The molecule has 3 aliphatic carbocycles. The van der Waals surface area contributed by atoms with Gasteiger partial charge in [0.15, 0.2) is 0 Å². The first-order valence-electron chi connectivity index (χ1n) is 15.8. The van der Waals surface area contributed by atoms with Gasteiger partial charge < -0.3 is 15.4 Å². The highest BCUT2D eigenvalue weighted by Gasteiger charge is 2.64. The molecule has 5 nitrogen and oxygen atoms in total. The molecule has 0 amide bonds. The second kappa shape index (κ2) is 12.3. The summed E-state index contributed by atoms with van der Waals surface area (Å²) in [4.78, 5) is 2.39. The second-order valence-corrected chi connectivity index (χ2v) is 15.1. The molecule has 226 valence electrons. The summed E-state index contributed by atoms with van der Waals surface area (Å²) in [6.45, 7) is 18.7. The maximum absolute atomic E-state index is 9.18. The van der Waals surface area contributed by atoms with Crippen LogP contribution in [0.5, 0.6) is 5.75 Å². The maximum Gasteiger partial charge on any atom is 0.121 e. The van der Waals surface area contributed by atoms with Crippen molar-refractivity contribution in [1.29, 1.82) is 5.26 Å². The lowest BCUT2D eigenvalue weighted by atomic mass is 9.49. The van der Waals surface area contributed by atoms with Crippen molar-refractivity contribution in [1.82, 2.24) is 15.5 Å². The fraction of sp³-hybridized carbons (Fsp3) is 0.639. The quantitative estimate of drug-likeness (QED) is 0.258. The number of nitriles is 1. The van der Waals surface area contributed by atoms with Crippen LogP contribution >= 0.6 is 11.6 Å². The van der Waals surface area contributed by atoms with Crippen molar-refractivity contribution in [3.63, 3.8) is 0 Å². The number of rotatable bonds is 8. The SMILES string of the molecule is C=C(CN(C)C1C(C)(C)C(Oc2ccc(C#N)c(Cl)c2)C1(C)C)NC(C)C#CC1CC(/C=C2/CCC3CNCC3C2)C1. The van der Waals surface area contributed by atoms with Gasteiger partial charge in [0, 0.05) is 41.1 Å². The van der Waals surface area contributed by atoms with Crippen molar-refractivity contribution >= 4 is 11.6 Å². The van der Waals surface area contributed by atoms with E-state index in [9.17, 15) is 5.26 Å². The van der Waals surface area contributed by atoms with Crippen molar-refractivity contribution in [2.75, 3.05) is 26.7 Å². The Hall–Kier alpha value is -2.44. The zero-order valence-electron chi connectivity index (χ0n) is 26.4. The molecule has 0 aromatic heterocycles. The molecule has 3 unspecified atom stereocenters. The Morgan fingerprint density at radius 2 is 1.95 bits per heavy atom. The highest BCUT2D eigenvalue weighted by molar-refractivity contribution is 6.31. The average Bonchev–Trinajstić information content (AvgIpc) is 3.36. The van der Waals surface area contributed by atoms with E-state index in [1.54, 1.807) is 17.7 Å². The van der Waals surface area contributed by atoms with E-state index in [2.05, 4.69) is 87.8 Å². The lowest BCUT2D eigenvalue weighted by Crippen LogP contribution is -2.74. The Balaban J connectivity index is 1.07. The second-order valence-electron chi connectivity index (χ2n) is 14.6. The molecule has 3 saturated carbocycles. The number of allylic oxidation sites excluding steroid dienone is 2. The largest absolute Gasteiger partial charge is 0.489 e. The minimum absolute atomic E-state index is 0.00385. The molecule has 4 aliphatic rings. The molecule has 2 N–H and O–H groups in total. The first-order chi connectivity index (χ1) is 19.9. The number of hydrogen-bond acceptors (Lipinski definition) is 5. The van der Waals surface area contributed by atoms with Gasteiger partial charge in [-0.05, 0) is 89.1 Å². The van der Waals surface area contributed by atoms with Gasteiger partial charge in [0.1, 0.15) is 17.9 Å². The normalized spacial score (nSPS) is 32.4. The summed E-state index contributed by atoms with van der Waals surface area (Å²) in [5, 5.41) is 16.7. The fourth-order valence-electron chi connectivity index (χ4n) is 8.94. The van der Waals surface area contributed by atoms with Crippen LogP contribution in [0.25, 0.3) is 0 Å². The number of benzene rings is 1. The zero-order chi connectivity index (χ0) is 30.2. The van der Waals surface area contributed by atoms with E-state index in [1.165, 1.54) is 45.2 Å². The summed E-state index contributed by atoms with van der Waals surface area (Å²) in [6.07, 6.45) is 9.03. The summed E-state index contributed by atoms with van der Waals surface area (Å²) in [5.41, 5.74) is 2.98. The summed E-state index contributed by atoms with van der Waals surface area (Å²) in [6, 6.07) is 7.79. The molecule has 42 heavy (non-hydrogen) atoms. The Kier molecular flexibility index (Phi) is 9.06. The molecule has 5 rings (SSSR count). The van der Waals surface area contributed by atoms with Crippen molar-refractivity contribution in [3.05, 3.63) is 52.7 Å². The average molecular weight is 589 g/mol. The van der Waals surface area contributed by atoms with E-state index in [0.717, 1.165) is 30.0 Å². The molecule has 1 aliphatic heterocycles. The molecule has 0 bridgehead atoms. The topological polar surface area (TPSA) is 60.3 Å². The van der Waals surface area contributed by atoms with Crippen LogP contribution in [-0.4, -0.2) is 49.8 Å². The van der Waals surface area contributed by atoms with Crippen LogP contribution in [0.15, 0.2) is 42.1 Å². The Morgan fingerprint density at radius 3 is 2.64 bits per heavy atom. The maximum atomic E-state index is 9.18. The molecule has 1 heterocycles. The number of fused-ring (bicyclic) bond motifs is 1. The lowest BCUT2D eigenvalue weighted by Gasteiger charge is -2.65. The van der Waals surface area contributed by atoms with E-state index in [1.807, 2.05) is 6.07 Å². The number of ether oxygens (including phenoxy) is 1. The van der Waals surface area contributed by atoms with Gasteiger partial charge in [-0.3, -0.25) is 4.90 Å². The summed E-state index contributed by atoms with van der Waals surface area (Å²) in [5.74, 6) is 10.8. The monoisotopic (exact) mass is 588 g/mol. The van der Waals surface area contributed by atoms with Crippen molar-refractivity contribution in [2.24, 2.45) is 34.5 Å². The van der Waals surface area contributed by atoms with Crippen molar-refractivity contribution in [3.8, 4) is 23.7 Å². The van der Waals surface area contributed by atoms with Crippen LogP contribution in [0, 0.1) is 57.7 Å². The van der Waals surface area contributed by atoms with Gasteiger partial charge in [-0.15, -0.1) is 0 Å².